The maximum Gasteiger partial charge on any atom is 0.269 e. The van der Waals surface area contributed by atoms with Crippen LogP contribution in [-0.2, 0) is 26.2 Å². The Hall–Kier alpha value is -5.04. The summed E-state index contributed by atoms with van der Waals surface area (Å²) in [6.45, 7) is 6.49. The van der Waals surface area contributed by atoms with Gasteiger partial charge >= 0.3 is 0 Å². The highest BCUT2D eigenvalue weighted by Crippen LogP contribution is 2.47. The molecular weight excluding hydrogens is 613 g/mol. The number of allylic oxidation sites excluding steroid dienone is 4. The molecule has 5 aromatic rings. The van der Waals surface area contributed by atoms with Crippen LogP contribution in [0.2, 0.25) is 0 Å². The number of non-ortho nitro benzene ring substituents is 1. The molecule has 3 aromatic carbocycles. The van der Waals surface area contributed by atoms with E-state index in [1.165, 1.54) is 28.7 Å². The fourth-order valence-electron chi connectivity index (χ4n) is 5.95. The predicted octanol–water partition coefficient (Wildman–Crippen LogP) is 6.64. The van der Waals surface area contributed by atoms with E-state index in [9.17, 15) is 10.1 Å². The molecule has 47 heavy (non-hydrogen) atoms. The van der Waals surface area contributed by atoms with Crippen LogP contribution in [0.1, 0.15) is 59.0 Å². The largest absolute Gasteiger partial charge is 0.362 e. The van der Waals surface area contributed by atoms with Crippen molar-refractivity contribution in [2.75, 3.05) is 14.1 Å². The van der Waals surface area contributed by atoms with Gasteiger partial charge in [0.05, 0.1) is 18.0 Å². The molecule has 1 aliphatic heterocycles. The highest BCUT2D eigenvalue weighted by molar-refractivity contribution is 7.06. The molecule has 11 nitrogen and oxygen atoms in total. The summed E-state index contributed by atoms with van der Waals surface area (Å²) in [5, 5.41) is 20.4. The monoisotopic (exact) mass is 648 g/mol. The zero-order valence-electron chi connectivity index (χ0n) is 26.8. The summed E-state index contributed by atoms with van der Waals surface area (Å²) >= 11 is 1.31. The summed E-state index contributed by atoms with van der Waals surface area (Å²) in [7, 11) is 4.05. The molecule has 3 heterocycles. The Bertz CT molecular complexity index is 1810. The molecule has 0 saturated carbocycles. The third-order valence-corrected chi connectivity index (χ3v) is 8.77. The normalized spacial score (nSPS) is 15.1. The van der Waals surface area contributed by atoms with Crippen molar-refractivity contribution >= 4 is 28.4 Å². The number of nitro groups is 1. The Labute approximate surface area is 277 Å². The number of dihydropyridines is 1. The lowest BCUT2D eigenvalue weighted by atomic mass is 9.80. The van der Waals surface area contributed by atoms with Crippen LogP contribution >= 0.6 is 11.5 Å². The van der Waals surface area contributed by atoms with Gasteiger partial charge in [-0.1, -0.05) is 78.0 Å². The quantitative estimate of drug-likeness (QED) is 0.116. The van der Waals surface area contributed by atoms with Gasteiger partial charge in [0.25, 0.3) is 11.6 Å². The second kappa shape index (κ2) is 14.2. The van der Waals surface area contributed by atoms with E-state index in [1.807, 2.05) is 70.4 Å². The van der Waals surface area contributed by atoms with Crippen molar-refractivity contribution in [3.8, 4) is 0 Å². The van der Waals surface area contributed by atoms with Gasteiger partial charge < -0.3 is 9.84 Å². The number of aromatic nitrogens is 4. The molecule has 0 radical (unpaired) electrons. The summed E-state index contributed by atoms with van der Waals surface area (Å²) in [6, 6.07) is 27.2. The van der Waals surface area contributed by atoms with E-state index in [0.717, 1.165) is 46.2 Å². The second-order valence-electron chi connectivity index (χ2n) is 11.8. The molecule has 240 valence electrons. The third-order valence-electron chi connectivity index (χ3n) is 7.99. The minimum atomic E-state index is -0.464. The SMILES string of the molecule is CC1=C(c2nc(CN(C)Cc3ccccc3)no2)C(c2cccc([N+](=O)[O-])c2)C(c2nc(CN(C)Cc3ccccc3)ns2)=C(C)N1. The van der Waals surface area contributed by atoms with Crippen LogP contribution in [0.15, 0.2) is 101 Å². The average Bonchev–Trinajstić information content (AvgIpc) is 3.71. The first kappa shape index (κ1) is 31.9. The fourth-order valence-corrected chi connectivity index (χ4v) is 6.76. The van der Waals surface area contributed by atoms with Gasteiger partial charge in [0.2, 0.25) is 0 Å². The Kier molecular flexibility index (Phi) is 9.62. The van der Waals surface area contributed by atoms with Crippen molar-refractivity contribution in [3.63, 3.8) is 0 Å². The van der Waals surface area contributed by atoms with Crippen LogP contribution < -0.4 is 5.32 Å². The molecular formula is C35H36N8O3S. The van der Waals surface area contributed by atoms with Gasteiger partial charge in [0.15, 0.2) is 11.6 Å². The number of hydrogen-bond acceptors (Lipinski definition) is 11. The molecule has 0 saturated heterocycles. The number of hydrogen-bond donors (Lipinski definition) is 1. The van der Waals surface area contributed by atoms with Gasteiger partial charge in [-0.2, -0.15) is 9.36 Å². The zero-order valence-corrected chi connectivity index (χ0v) is 27.6. The summed E-state index contributed by atoms with van der Waals surface area (Å²) in [6.07, 6.45) is 0. The lowest BCUT2D eigenvalue weighted by Crippen LogP contribution is -2.23. The number of rotatable bonds is 12. The van der Waals surface area contributed by atoms with Gasteiger partial charge in [-0.25, -0.2) is 4.98 Å². The van der Waals surface area contributed by atoms with E-state index in [0.29, 0.717) is 30.6 Å². The zero-order chi connectivity index (χ0) is 32.9. The van der Waals surface area contributed by atoms with Crippen LogP contribution in [0.25, 0.3) is 11.1 Å². The third kappa shape index (κ3) is 7.51. The molecule has 0 aliphatic carbocycles. The predicted molar refractivity (Wildman–Crippen MR) is 182 cm³/mol. The average molecular weight is 649 g/mol. The standard InChI is InChI=1S/C35H36N8O3S/c1-23-31(34-37-29(39-46-34)21-41(3)19-25-12-7-5-8-13-25)33(27-16-11-17-28(18-27)43(44)45)32(24(2)36-23)35-38-30(40-47-35)22-42(4)20-26-14-9-6-10-15-26/h5-18,33,36H,19-22H2,1-4H3. The van der Waals surface area contributed by atoms with E-state index < -0.39 is 5.92 Å². The van der Waals surface area contributed by atoms with Crippen LogP contribution in [-0.4, -0.2) is 48.3 Å². The van der Waals surface area contributed by atoms with E-state index >= 15 is 0 Å². The first-order valence-corrected chi connectivity index (χ1v) is 16.1. The van der Waals surface area contributed by atoms with Crippen molar-refractivity contribution in [1.29, 1.82) is 0 Å². The Balaban J connectivity index is 1.32. The van der Waals surface area contributed by atoms with Gasteiger partial charge in [-0.05, 0) is 56.2 Å². The highest BCUT2D eigenvalue weighted by atomic mass is 32.1. The summed E-state index contributed by atoms with van der Waals surface area (Å²) < 4.78 is 10.6. The summed E-state index contributed by atoms with van der Waals surface area (Å²) in [4.78, 5) is 25.6. The molecule has 6 rings (SSSR count). The maximum atomic E-state index is 11.8. The van der Waals surface area contributed by atoms with Gasteiger partial charge in [-0.15, -0.1) is 0 Å². The summed E-state index contributed by atoms with van der Waals surface area (Å²) in [5.41, 5.74) is 6.44. The van der Waals surface area contributed by atoms with Gasteiger partial charge in [0.1, 0.15) is 5.01 Å². The number of nitro benzene ring substituents is 1. The lowest BCUT2D eigenvalue weighted by Gasteiger charge is -2.30. The first-order chi connectivity index (χ1) is 22.7. The van der Waals surface area contributed by atoms with E-state index in [1.54, 1.807) is 12.1 Å². The Morgan fingerprint density at radius 1 is 0.809 bits per heavy atom. The Morgan fingerprint density at radius 3 is 2.06 bits per heavy atom. The molecule has 0 spiro atoms. The molecule has 0 bridgehead atoms. The Morgan fingerprint density at radius 2 is 1.43 bits per heavy atom. The summed E-state index contributed by atoms with van der Waals surface area (Å²) in [5.74, 6) is 1.14. The van der Waals surface area contributed by atoms with Crippen molar-refractivity contribution in [1.82, 2.24) is 34.6 Å². The van der Waals surface area contributed by atoms with Gasteiger partial charge in [0, 0.05) is 53.7 Å². The second-order valence-corrected chi connectivity index (χ2v) is 12.6. The van der Waals surface area contributed by atoms with Crippen molar-refractivity contribution in [3.05, 3.63) is 146 Å². The van der Waals surface area contributed by atoms with Crippen LogP contribution in [0.3, 0.4) is 0 Å². The lowest BCUT2D eigenvalue weighted by molar-refractivity contribution is -0.384. The van der Waals surface area contributed by atoms with E-state index in [-0.39, 0.29) is 10.6 Å². The molecule has 0 fully saturated rings. The highest BCUT2D eigenvalue weighted by Gasteiger charge is 2.36. The minimum absolute atomic E-state index is 0.00397. The number of nitrogens with zero attached hydrogens (tertiary/aromatic N) is 7. The van der Waals surface area contributed by atoms with Crippen LogP contribution in [0.5, 0.6) is 0 Å². The first-order valence-electron chi connectivity index (χ1n) is 15.3. The van der Waals surface area contributed by atoms with Crippen LogP contribution in [0.4, 0.5) is 5.69 Å². The van der Waals surface area contributed by atoms with Crippen LogP contribution in [0, 0.1) is 10.1 Å². The molecule has 12 heteroatoms. The van der Waals surface area contributed by atoms with E-state index in [4.69, 9.17) is 18.9 Å². The fraction of sp³-hybridized carbons (Fsp3) is 0.257. The van der Waals surface area contributed by atoms with Gasteiger partial charge in [-0.3, -0.25) is 19.9 Å². The maximum absolute atomic E-state index is 11.8. The number of benzene rings is 3. The molecule has 0 amide bonds. The number of nitrogens with one attached hydrogen (secondary N) is 1. The minimum Gasteiger partial charge on any atom is -0.362 e. The van der Waals surface area contributed by atoms with Crippen molar-refractivity contribution < 1.29 is 9.45 Å². The molecule has 2 aromatic heterocycles. The molecule has 1 N–H and O–H groups in total. The van der Waals surface area contributed by atoms with E-state index in [2.05, 4.69) is 44.5 Å². The molecule has 1 atom stereocenters. The van der Waals surface area contributed by atoms with Crippen molar-refractivity contribution in [2.24, 2.45) is 0 Å². The van der Waals surface area contributed by atoms with Crippen molar-refractivity contribution in [2.45, 2.75) is 45.9 Å². The smallest absolute Gasteiger partial charge is 0.269 e. The molecule has 1 aliphatic rings. The topological polar surface area (TPSA) is 126 Å². The molecule has 1 unspecified atom stereocenters.